The second-order valence-corrected chi connectivity index (χ2v) is 10.6. The molecule has 0 atom stereocenters. The van der Waals surface area contributed by atoms with Crippen LogP contribution in [0.5, 0.6) is 5.75 Å². The van der Waals surface area contributed by atoms with E-state index in [1.807, 2.05) is 0 Å². The van der Waals surface area contributed by atoms with Gasteiger partial charge in [-0.05, 0) is 42.0 Å². The van der Waals surface area contributed by atoms with E-state index in [1.54, 1.807) is 12.1 Å². The monoisotopic (exact) mass is 560 g/mol. The number of benzene rings is 3. The van der Waals surface area contributed by atoms with Crippen molar-refractivity contribution in [3.05, 3.63) is 93.2 Å². The predicted molar refractivity (Wildman–Crippen MR) is 137 cm³/mol. The van der Waals surface area contributed by atoms with Crippen molar-refractivity contribution in [1.29, 1.82) is 0 Å². The number of aromatic nitrogens is 3. The summed E-state index contributed by atoms with van der Waals surface area (Å²) in [6.45, 7) is 0. The number of methoxy groups -OCH3 is 1. The van der Waals surface area contributed by atoms with Crippen molar-refractivity contribution in [3.8, 4) is 22.6 Å². The summed E-state index contributed by atoms with van der Waals surface area (Å²) in [7, 11) is -2.96. The van der Waals surface area contributed by atoms with Gasteiger partial charge >= 0.3 is 0 Å². The van der Waals surface area contributed by atoms with Crippen LogP contribution in [-0.4, -0.2) is 30.3 Å². The number of fused-ring (bicyclic) bond motifs is 1. The van der Waals surface area contributed by atoms with Gasteiger partial charge in [0.1, 0.15) is 27.8 Å². The third-order valence-electron chi connectivity index (χ3n) is 5.46. The highest BCUT2D eigenvalue weighted by Crippen LogP contribution is 2.37. The normalized spacial score (nSPS) is 11.6. The van der Waals surface area contributed by atoms with Gasteiger partial charge in [0.05, 0.1) is 23.3 Å². The van der Waals surface area contributed by atoms with Crippen molar-refractivity contribution in [2.24, 2.45) is 0 Å². The number of halogens is 3. The van der Waals surface area contributed by atoms with Gasteiger partial charge in [-0.2, -0.15) is 0 Å². The SMILES string of the molecule is COc1cc(-c2cccc(F)c2)c(Cl)cc1-n1c(=O)ccc2cc(S(=O)(=O)Nc3nncs3)c(F)cc21. The van der Waals surface area contributed by atoms with Gasteiger partial charge in [-0.15, -0.1) is 10.2 Å². The fourth-order valence-corrected chi connectivity index (χ4v) is 5.90. The molecule has 8 nitrogen and oxygen atoms in total. The van der Waals surface area contributed by atoms with E-state index in [1.165, 1.54) is 49.0 Å². The van der Waals surface area contributed by atoms with Gasteiger partial charge in [0.15, 0.2) is 0 Å². The number of anilines is 1. The molecule has 13 heteroatoms. The highest BCUT2D eigenvalue weighted by atomic mass is 35.5. The topological polar surface area (TPSA) is 103 Å². The molecule has 5 rings (SSSR count). The Balaban J connectivity index is 1.69. The predicted octanol–water partition coefficient (Wildman–Crippen LogP) is 5.25. The second-order valence-electron chi connectivity index (χ2n) is 7.71. The average Bonchev–Trinajstić information content (AvgIpc) is 3.36. The molecule has 0 aliphatic carbocycles. The first-order chi connectivity index (χ1) is 17.7. The molecule has 0 saturated heterocycles. The Morgan fingerprint density at radius 2 is 1.89 bits per heavy atom. The Morgan fingerprint density at radius 3 is 2.59 bits per heavy atom. The third-order valence-corrected chi connectivity index (χ3v) is 7.87. The molecule has 1 N–H and O–H groups in total. The van der Waals surface area contributed by atoms with E-state index in [2.05, 4.69) is 14.9 Å². The Morgan fingerprint density at radius 1 is 1.08 bits per heavy atom. The maximum absolute atomic E-state index is 15.2. The van der Waals surface area contributed by atoms with Crippen LogP contribution in [0.15, 0.2) is 75.9 Å². The van der Waals surface area contributed by atoms with E-state index in [0.717, 1.165) is 28.0 Å². The Bertz CT molecular complexity index is 1830. The van der Waals surface area contributed by atoms with Crippen LogP contribution in [0.2, 0.25) is 5.02 Å². The summed E-state index contributed by atoms with van der Waals surface area (Å²) in [6.07, 6.45) is 0. The first-order valence-corrected chi connectivity index (χ1v) is 13.2. The molecule has 2 aromatic heterocycles. The van der Waals surface area contributed by atoms with Gasteiger partial charge in [0, 0.05) is 23.1 Å². The Labute approximate surface area is 217 Å². The molecular weight excluding hydrogens is 546 g/mol. The van der Waals surface area contributed by atoms with Crippen LogP contribution < -0.4 is 15.0 Å². The van der Waals surface area contributed by atoms with Crippen molar-refractivity contribution < 1.29 is 21.9 Å². The molecular formula is C24H15ClF2N4O4S2. The summed E-state index contributed by atoms with van der Waals surface area (Å²) in [5, 5.41) is 7.57. The molecule has 0 aliphatic heterocycles. The van der Waals surface area contributed by atoms with Crippen LogP contribution in [0.1, 0.15) is 0 Å². The molecule has 3 aromatic carbocycles. The minimum atomic E-state index is -4.33. The van der Waals surface area contributed by atoms with Crippen molar-refractivity contribution >= 4 is 49.0 Å². The number of ether oxygens (including phenoxy) is 1. The Hall–Kier alpha value is -3.87. The summed E-state index contributed by atoms with van der Waals surface area (Å²) in [5.41, 5.74) is 1.99. The standard InChI is InChI=1S/C24H15ClF2N4O4S2/c1-35-21-9-16(13-3-2-4-15(26)7-13)17(25)10-20(21)31-19-11-18(27)22(8-14(19)5-6-23(31)32)37(33,34)30-24-29-28-12-36-24/h2-12H,1H3,(H,29,30). The van der Waals surface area contributed by atoms with E-state index < -0.39 is 32.1 Å². The molecule has 2 heterocycles. The van der Waals surface area contributed by atoms with E-state index in [-0.39, 0.29) is 32.5 Å². The summed E-state index contributed by atoms with van der Waals surface area (Å²) < 4.78 is 63.4. The zero-order chi connectivity index (χ0) is 26.3. The molecule has 188 valence electrons. The zero-order valence-electron chi connectivity index (χ0n) is 18.8. The molecule has 0 saturated carbocycles. The van der Waals surface area contributed by atoms with Gasteiger partial charge in [-0.25, -0.2) is 17.2 Å². The molecule has 0 unspecified atom stereocenters. The van der Waals surface area contributed by atoms with Crippen molar-refractivity contribution in [2.45, 2.75) is 4.90 Å². The van der Waals surface area contributed by atoms with Gasteiger partial charge in [0.25, 0.3) is 15.6 Å². The summed E-state index contributed by atoms with van der Waals surface area (Å²) in [4.78, 5) is 12.3. The fraction of sp³-hybridized carbons (Fsp3) is 0.0417. The van der Waals surface area contributed by atoms with Crippen LogP contribution in [0, 0.1) is 11.6 Å². The molecule has 0 amide bonds. The molecule has 0 bridgehead atoms. The quantitative estimate of drug-likeness (QED) is 0.304. The summed E-state index contributed by atoms with van der Waals surface area (Å²) >= 11 is 7.45. The lowest BCUT2D eigenvalue weighted by Crippen LogP contribution is -2.19. The van der Waals surface area contributed by atoms with Crippen molar-refractivity contribution in [1.82, 2.24) is 14.8 Å². The van der Waals surface area contributed by atoms with E-state index in [4.69, 9.17) is 16.3 Å². The lowest BCUT2D eigenvalue weighted by atomic mass is 10.0. The lowest BCUT2D eigenvalue weighted by Gasteiger charge is -2.17. The first-order valence-electron chi connectivity index (χ1n) is 10.5. The molecule has 0 radical (unpaired) electrons. The number of sulfonamides is 1. The number of rotatable bonds is 6. The van der Waals surface area contributed by atoms with E-state index >= 15 is 4.39 Å². The van der Waals surface area contributed by atoms with Crippen molar-refractivity contribution in [3.63, 3.8) is 0 Å². The van der Waals surface area contributed by atoms with Gasteiger partial charge in [-0.3, -0.25) is 14.1 Å². The third kappa shape index (κ3) is 4.66. The highest BCUT2D eigenvalue weighted by molar-refractivity contribution is 7.93. The van der Waals surface area contributed by atoms with Crippen LogP contribution >= 0.6 is 22.9 Å². The summed E-state index contributed by atoms with van der Waals surface area (Å²) in [5.74, 6) is -1.35. The number of hydrogen-bond donors (Lipinski definition) is 1. The lowest BCUT2D eigenvalue weighted by molar-refractivity contribution is 0.413. The number of nitrogens with one attached hydrogen (secondary N) is 1. The maximum atomic E-state index is 15.2. The van der Waals surface area contributed by atoms with Crippen molar-refractivity contribution in [2.75, 3.05) is 11.8 Å². The first kappa shape index (κ1) is 24.8. The van der Waals surface area contributed by atoms with Gasteiger partial charge in [0.2, 0.25) is 5.13 Å². The van der Waals surface area contributed by atoms with E-state index in [0.29, 0.717) is 11.1 Å². The van der Waals surface area contributed by atoms with Crippen LogP contribution in [-0.2, 0) is 10.0 Å². The minimum absolute atomic E-state index is 0.0257. The number of pyridine rings is 1. The van der Waals surface area contributed by atoms with Crippen LogP contribution in [0.25, 0.3) is 27.7 Å². The van der Waals surface area contributed by atoms with Gasteiger partial charge in [-0.1, -0.05) is 35.1 Å². The molecule has 37 heavy (non-hydrogen) atoms. The minimum Gasteiger partial charge on any atom is -0.495 e. The van der Waals surface area contributed by atoms with E-state index in [9.17, 15) is 17.6 Å². The molecule has 0 aliphatic rings. The second kappa shape index (κ2) is 9.54. The smallest absolute Gasteiger partial charge is 0.266 e. The highest BCUT2D eigenvalue weighted by Gasteiger charge is 2.23. The fourth-order valence-electron chi connectivity index (χ4n) is 3.84. The average molecular weight is 561 g/mol. The molecule has 5 aromatic rings. The molecule has 0 fully saturated rings. The van der Waals surface area contributed by atoms with Crippen LogP contribution in [0.3, 0.4) is 0 Å². The molecule has 0 spiro atoms. The summed E-state index contributed by atoms with van der Waals surface area (Å²) in [6, 6.07) is 13.4. The van der Waals surface area contributed by atoms with Gasteiger partial charge < -0.3 is 4.74 Å². The maximum Gasteiger partial charge on any atom is 0.266 e. The zero-order valence-corrected chi connectivity index (χ0v) is 21.2. The largest absolute Gasteiger partial charge is 0.495 e. The number of nitrogens with zero attached hydrogens (tertiary/aromatic N) is 3. The Kier molecular flexibility index (Phi) is 6.40. The van der Waals surface area contributed by atoms with Crippen LogP contribution in [0.4, 0.5) is 13.9 Å². The number of hydrogen-bond acceptors (Lipinski definition) is 7.